The molecule has 1 atom stereocenters. The number of hydrogen-bond acceptors (Lipinski definition) is 4. The summed E-state index contributed by atoms with van der Waals surface area (Å²) in [5, 5.41) is 4.64. The topological polar surface area (TPSA) is 28.2 Å². The first kappa shape index (κ1) is 16.9. The molecule has 1 aromatic heterocycles. The maximum Gasteiger partial charge on any atom is 0.0981 e. The van der Waals surface area contributed by atoms with Gasteiger partial charge in [-0.2, -0.15) is 0 Å². The van der Waals surface area contributed by atoms with E-state index in [1.165, 1.54) is 35.8 Å². The summed E-state index contributed by atoms with van der Waals surface area (Å²) in [5.41, 5.74) is 0.179. The zero-order chi connectivity index (χ0) is 13.2. The van der Waals surface area contributed by atoms with Crippen LogP contribution in [0, 0.1) is 0 Å². The minimum Gasteiger partial charge on any atom is -0.316 e. The Morgan fingerprint density at radius 3 is 2.79 bits per heavy atom. The Labute approximate surface area is 127 Å². The third-order valence-corrected chi connectivity index (χ3v) is 4.90. The second-order valence-electron chi connectivity index (χ2n) is 6.24. The van der Waals surface area contributed by atoms with E-state index in [1.807, 2.05) is 11.3 Å². The van der Waals surface area contributed by atoms with Gasteiger partial charge in [-0.25, -0.2) is 4.98 Å². The van der Waals surface area contributed by atoms with Crippen molar-refractivity contribution in [3.05, 3.63) is 16.1 Å². The Kier molecular flexibility index (Phi) is 6.24. The number of nitrogens with one attached hydrogen (secondary N) is 1. The molecular formula is C14H26ClN3S. The molecule has 0 amide bonds. The van der Waals surface area contributed by atoms with Crippen molar-refractivity contribution in [2.45, 2.75) is 51.6 Å². The molecule has 1 N–H and O–H groups in total. The monoisotopic (exact) mass is 303 g/mol. The molecule has 0 saturated carbocycles. The van der Waals surface area contributed by atoms with Crippen LogP contribution in [-0.4, -0.2) is 36.1 Å². The number of likely N-dealkylation sites (tertiary alicyclic amines) is 1. The highest BCUT2D eigenvalue weighted by Gasteiger charge is 2.21. The first-order chi connectivity index (χ1) is 8.49. The zero-order valence-corrected chi connectivity index (χ0v) is 14.0. The SMILES string of the molecule is CNC1CCCN(Cc2cnc(C(C)(C)C)s2)C1.Cl. The van der Waals surface area contributed by atoms with Gasteiger partial charge in [0, 0.05) is 35.6 Å². The van der Waals surface area contributed by atoms with Crippen molar-refractivity contribution in [3.63, 3.8) is 0 Å². The second-order valence-corrected chi connectivity index (χ2v) is 7.36. The minimum absolute atomic E-state index is 0. The van der Waals surface area contributed by atoms with Crippen LogP contribution < -0.4 is 5.32 Å². The quantitative estimate of drug-likeness (QED) is 0.930. The van der Waals surface area contributed by atoms with Crippen LogP contribution >= 0.6 is 23.7 Å². The molecule has 1 aliphatic rings. The number of nitrogens with zero attached hydrogens (tertiary/aromatic N) is 2. The lowest BCUT2D eigenvalue weighted by atomic mass is 9.98. The lowest BCUT2D eigenvalue weighted by Crippen LogP contribution is -2.43. The van der Waals surface area contributed by atoms with Gasteiger partial charge in [0.25, 0.3) is 0 Å². The van der Waals surface area contributed by atoms with E-state index in [-0.39, 0.29) is 17.8 Å². The van der Waals surface area contributed by atoms with Gasteiger partial charge < -0.3 is 5.32 Å². The maximum atomic E-state index is 4.57. The van der Waals surface area contributed by atoms with E-state index in [4.69, 9.17) is 0 Å². The standard InChI is InChI=1S/C14H25N3S.ClH/c1-14(2,3)13-16-8-12(18-13)10-17-7-5-6-11(9-17)15-4;/h8,11,15H,5-7,9-10H2,1-4H3;1H. The molecule has 0 aromatic carbocycles. The van der Waals surface area contributed by atoms with Gasteiger partial charge >= 0.3 is 0 Å². The minimum atomic E-state index is 0. The van der Waals surface area contributed by atoms with Gasteiger partial charge in [-0.15, -0.1) is 23.7 Å². The number of rotatable bonds is 3. The van der Waals surface area contributed by atoms with Gasteiger partial charge in [0.1, 0.15) is 0 Å². The highest BCUT2D eigenvalue weighted by Crippen LogP contribution is 2.27. The molecular weight excluding hydrogens is 278 g/mol. The van der Waals surface area contributed by atoms with E-state index in [9.17, 15) is 0 Å². The van der Waals surface area contributed by atoms with Crippen molar-refractivity contribution in [2.24, 2.45) is 0 Å². The molecule has 0 radical (unpaired) electrons. The Morgan fingerprint density at radius 1 is 1.47 bits per heavy atom. The summed E-state index contributed by atoms with van der Waals surface area (Å²) in [6.45, 7) is 10.1. The molecule has 5 heteroatoms. The first-order valence-electron chi connectivity index (χ1n) is 6.84. The van der Waals surface area contributed by atoms with Gasteiger partial charge in [0.05, 0.1) is 5.01 Å². The Hall–Kier alpha value is -0.160. The fourth-order valence-corrected chi connectivity index (χ4v) is 3.39. The number of piperidine rings is 1. The summed E-state index contributed by atoms with van der Waals surface area (Å²) in [6, 6.07) is 0.661. The van der Waals surface area contributed by atoms with Crippen LogP contribution in [0.1, 0.15) is 43.5 Å². The molecule has 110 valence electrons. The van der Waals surface area contributed by atoms with Crippen molar-refractivity contribution in [1.82, 2.24) is 15.2 Å². The van der Waals surface area contributed by atoms with E-state index in [0.29, 0.717) is 6.04 Å². The molecule has 1 saturated heterocycles. The van der Waals surface area contributed by atoms with Gasteiger partial charge in [-0.05, 0) is 26.4 Å². The normalized spacial score (nSPS) is 21.2. The molecule has 19 heavy (non-hydrogen) atoms. The van der Waals surface area contributed by atoms with Crippen LogP contribution in [0.15, 0.2) is 6.20 Å². The summed E-state index contributed by atoms with van der Waals surface area (Å²) in [4.78, 5) is 8.51. The molecule has 0 aliphatic carbocycles. The summed E-state index contributed by atoms with van der Waals surface area (Å²) < 4.78 is 0. The van der Waals surface area contributed by atoms with E-state index in [0.717, 1.165) is 6.54 Å². The molecule has 2 rings (SSSR count). The second kappa shape index (κ2) is 7.02. The Morgan fingerprint density at radius 2 is 2.21 bits per heavy atom. The number of hydrogen-bond donors (Lipinski definition) is 1. The molecule has 1 aliphatic heterocycles. The summed E-state index contributed by atoms with van der Waals surface area (Å²) in [6.07, 6.45) is 4.67. The first-order valence-corrected chi connectivity index (χ1v) is 7.65. The van der Waals surface area contributed by atoms with Crippen LogP contribution in [0.5, 0.6) is 0 Å². The van der Waals surface area contributed by atoms with E-state index < -0.39 is 0 Å². The number of aromatic nitrogens is 1. The van der Waals surface area contributed by atoms with E-state index in [1.54, 1.807) is 0 Å². The molecule has 3 nitrogen and oxygen atoms in total. The smallest absolute Gasteiger partial charge is 0.0981 e. The molecule has 1 unspecified atom stereocenters. The van der Waals surface area contributed by atoms with Crippen molar-refractivity contribution >= 4 is 23.7 Å². The van der Waals surface area contributed by atoms with Crippen LogP contribution in [0.4, 0.5) is 0 Å². The molecule has 0 bridgehead atoms. The van der Waals surface area contributed by atoms with Crippen molar-refractivity contribution in [2.75, 3.05) is 20.1 Å². The maximum absolute atomic E-state index is 4.57. The van der Waals surface area contributed by atoms with Gasteiger partial charge in [-0.3, -0.25) is 4.90 Å². The highest BCUT2D eigenvalue weighted by atomic mass is 35.5. The molecule has 1 aromatic rings. The Balaban J connectivity index is 0.00000180. The third kappa shape index (κ3) is 4.71. The average Bonchev–Trinajstić information content (AvgIpc) is 2.77. The Bertz CT molecular complexity index is 386. The molecule has 1 fully saturated rings. The van der Waals surface area contributed by atoms with E-state index >= 15 is 0 Å². The summed E-state index contributed by atoms with van der Waals surface area (Å²) in [7, 11) is 2.07. The van der Waals surface area contributed by atoms with Gasteiger partial charge in [0.2, 0.25) is 0 Å². The lowest BCUT2D eigenvalue weighted by Gasteiger charge is -2.32. The van der Waals surface area contributed by atoms with Crippen molar-refractivity contribution < 1.29 is 0 Å². The molecule has 2 heterocycles. The largest absolute Gasteiger partial charge is 0.316 e. The fraction of sp³-hybridized carbons (Fsp3) is 0.786. The number of thiazole rings is 1. The lowest BCUT2D eigenvalue weighted by molar-refractivity contribution is 0.189. The summed E-state index contributed by atoms with van der Waals surface area (Å²) >= 11 is 1.87. The van der Waals surface area contributed by atoms with Crippen LogP contribution in [0.25, 0.3) is 0 Å². The van der Waals surface area contributed by atoms with Gasteiger partial charge in [-0.1, -0.05) is 20.8 Å². The van der Waals surface area contributed by atoms with Crippen LogP contribution in [-0.2, 0) is 12.0 Å². The predicted octanol–water partition coefficient (Wildman–Crippen LogP) is 3.05. The fourth-order valence-electron chi connectivity index (χ4n) is 2.38. The van der Waals surface area contributed by atoms with Crippen molar-refractivity contribution in [1.29, 1.82) is 0 Å². The predicted molar refractivity (Wildman–Crippen MR) is 85.4 cm³/mol. The zero-order valence-electron chi connectivity index (χ0n) is 12.4. The van der Waals surface area contributed by atoms with Crippen molar-refractivity contribution in [3.8, 4) is 0 Å². The average molecular weight is 304 g/mol. The highest BCUT2D eigenvalue weighted by molar-refractivity contribution is 7.11. The number of likely N-dealkylation sites (N-methyl/N-ethyl adjacent to an activating group) is 1. The third-order valence-electron chi connectivity index (χ3n) is 3.49. The van der Waals surface area contributed by atoms with Crippen LogP contribution in [0.2, 0.25) is 0 Å². The van der Waals surface area contributed by atoms with E-state index in [2.05, 4.69) is 49.2 Å². The molecule has 0 spiro atoms. The summed E-state index contributed by atoms with van der Waals surface area (Å²) in [5.74, 6) is 0. The number of halogens is 1. The van der Waals surface area contributed by atoms with Crippen LogP contribution in [0.3, 0.4) is 0 Å². The van der Waals surface area contributed by atoms with Gasteiger partial charge in [0.15, 0.2) is 0 Å².